The summed E-state index contributed by atoms with van der Waals surface area (Å²) in [6.45, 7) is 5.93. The van der Waals surface area contributed by atoms with Gasteiger partial charge in [-0.2, -0.15) is 0 Å². The van der Waals surface area contributed by atoms with Gasteiger partial charge in [0, 0.05) is 19.3 Å². The first-order valence-electron chi connectivity index (χ1n) is 7.55. The third-order valence-corrected chi connectivity index (χ3v) is 3.37. The minimum atomic E-state index is -0.442. The molecule has 0 spiro atoms. The average Bonchev–Trinajstić information content (AvgIpc) is 2.57. The molecule has 0 saturated heterocycles. The molecule has 0 fully saturated rings. The minimum Gasteiger partial charge on any atom is -0.453 e. The van der Waals surface area contributed by atoms with Crippen molar-refractivity contribution >= 4 is 5.96 Å². The fourth-order valence-corrected chi connectivity index (χ4v) is 2.08. The van der Waals surface area contributed by atoms with Gasteiger partial charge in [-0.25, -0.2) is 9.38 Å². The van der Waals surface area contributed by atoms with Crippen LogP contribution in [0.3, 0.4) is 0 Å². The minimum absolute atomic E-state index is 0.155. The van der Waals surface area contributed by atoms with Gasteiger partial charge in [0.15, 0.2) is 17.5 Å². The third-order valence-electron chi connectivity index (χ3n) is 3.37. The van der Waals surface area contributed by atoms with Gasteiger partial charge in [-0.05, 0) is 43.7 Å². The lowest BCUT2D eigenvalue weighted by Crippen LogP contribution is -2.37. The maximum absolute atomic E-state index is 14.1. The van der Waals surface area contributed by atoms with E-state index in [2.05, 4.69) is 9.98 Å². The molecule has 0 aliphatic rings. The van der Waals surface area contributed by atoms with Gasteiger partial charge < -0.3 is 15.4 Å². The van der Waals surface area contributed by atoms with E-state index in [0.717, 1.165) is 18.7 Å². The number of pyridine rings is 1. The Morgan fingerprint density at radius 2 is 2.09 bits per heavy atom. The Kier molecular flexibility index (Phi) is 5.91. The molecule has 2 aromatic rings. The molecule has 6 heteroatoms. The second-order valence-electron chi connectivity index (χ2n) is 4.90. The van der Waals surface area contributed by atoms with Crippen molar-refractivity contribution in [2.45, 2.75) is 20.4 Å². The quantitative estimate of drug-likeness (QED) is 0.657. The van der Waals surface area contributed by atoms with Crippen molar-refractivity contribution in [2.75, 3.05) is 13.1 Å². The summed E-state index contributed by atoms with van der Waals surface area (Å²) in [6.07, 6.45) is 3.16. The number of hydrogen-bond donors (Lipinski definition) is 1. The van der Waals surface area contributed by atoms with Crippen LogP contribution < -0.4 is 10.5 Å². The van der Waals surface area contributed by atoms with Gasteiger partial charge in [-0.15, -0.1) is 0 Å². The number of aromatic nitrogens is 1. The van der Waals surface area contributed by atoms with Gasteiger partial charge in [-0.3, -0.25) is 4.98 Å². The van der Waals surface area contributed by atoms with Crippen LogP contribution in [-0.2, 0) is 6.54 Å². The van der Waals surface area contributed by atoms with E-state index in [9.17, 15) is 4.39 Å². The molecule has 0 saturated carbocycles. The lowest BCUT2D eigenvalue weighted by Gasteiger charge is -2.19. The van der Waals surface area contributed by atoms with Crippen LogP contribution in [0.2, 0.25) is 0 Å². The van der Waals surface area contributed by atoms with Gasteiger partial charge in [0.2, 0.25) is 0 Å². The van der Waals surface area contributed by atoms with Crippen LogP contribution in [0, 0.1) is 5.82 Å². The van der Waals surface area contributed by atoms with Crippen LogP contribution in [0.25, 0.3) is 0 Å². The highest BCUT2D eigenvalue weighted by Gasteiger charge is 2.07. The summed E-state index contributed by atoms with van der Waals surface area (Å²) in [5, 5.41) is 0. The zero-order valence-corrected chi connectivity index (χ0v) is 13.4. The Balaban J connectivity index is 2.06. The number of benzene rings is 1. The number of rotatable bonds is 6. The Hall–Kier alpha value is -2.63. The summed E-state index contributed by atoms with van der Waals surface area (Å²) in [7, 11) is 0. The van der Waals surface area contributed by atoms with Crippen LogP contribution in [0.1, 0.15) is 19.4 Å². The van der Waals surface area contributed by atoms with E-state index in [1.54, 1.807) is 30.5 Å². The molecule has 1 aromatic heterocycles. The largest absolute Gasteiger partial charge is 0.453 e. The highest BCUT2D eigenvalue weighted by atomic mass is 19.1. The second-order valence-corrected chi connectivity index (χ2v) is 4.90. The molecule has 1 heterocycles. The van der Waals surface area contributed by atoms with Crippen molar-refractivity contribution in [1.82, 2.24) is 9.88 Å². The summed E-state index contributed by atoms with van der Waals surface area (Å²) in [5.74, 6) is 0.666. The number of halogens is 1. The third kappa shape index (κ3) is 4.67. The summed E-state index contributed by atoms with van der Waals surface area (Å²) < 4.78 is 19.6. The number of ether oxygens (including phenoxy) is 1. The van der Waals surface area contributed by atoms with E-state index in [4.69, 9.17) is 10.5 Å². The first kappa shape index (κ1) is 16.7. The molecule has 5 nitrogen and oxygen atoms in total. The van der Waals surface area contributed by atoms with E-state index < -0.39 is 5.82 Å². The lowest BCUT2D eigenvalue weighted by molar-refractivity contribution is 0.440. The van der Waals surface area contributed by atoms with Gasteiger partial charge in [-0.1, -0.05) is 6.07 Å². The molecule has 0 unspecified atom stereocenters. The first-order chi connectivity index (χ1) is 11.1. The topological polar surface area (TPSA) is 63.7 Å². The molecular weight excluding hydrogens is 295 g/mol. The van der Waals surface area contributed by atoms with Crippen LogP contribution in [0.4, 0.5) is 4.39 Å². The molecule has 23 heavy (non-hydrogen) atoms. The average molecular weight is 316 g/mol. The molecule has 2 N–H and O–H groups in total. The number of nitrogens with zero attached hydrogens (tertiary/aromatic N) is 3. The van der Waals surface area contributed by atoms with Crippen LogP contribution in [-0.4, -0.2) is 28.9 Å². The second kappa shape index (κ2) is 8.12. The van der Waals surface area contributed by atoms with E-state index in [1.165, 1.54) is 12.3 Å². The summed E-state index contributed by atoms with van der Waals surface area (Å²) in [4.78, 5) is 10.2. The molecule has 0 bridgehead atoms. The molecule has 0 aliphatic heterocycles. The zero-order chi connectivity index (χ0) is 16.7. The Morgan fingerprint density at radius 1 is 1.30 bits per heavy atom. The molecule has 1 aromatic carbocycles. The van der Waals surface area contributed by atoms with Crippen molar-refractivity contribution in [3.05, 3.63) is 54.1 Å². The highest BCUT2D eigenvalue weighted by Crippen LogP contribution is 2.24. The van der Waals surface area contributed by atoms with E-state index in [1.807, 2.05) is 18.7 Å². The van der Waals surface area contributed by atoms with Gasteiger partial charge in [0.1, 0.15) is 5.75 Å². The maximum atomic E-state index is 14.1. The predicted octanol–water partition coefficient (Wildman–Crippen LogP) is 3.17. The van der Waals surface area contributed by atoms with Crippen molar-refractivity contribution < 1.29 is 9.13 Å². The number of nitrogens with two attached hydrogens (primary N) is 1. The Morgan fingerprint density at radius 3 is 2.70 bits per heavy atom. The van der Waals surface area contributed by atoms with Crippen LogP contribution >= 0.6 is 0 Å². The van der Waals surface area contributed by atoms with E-state index >= 15 is 0 Å². The fourth-order valence-electron chi connectivity index (χ4n) is 2.08. The number of guanidine groups is 1. The molecule has 122 valence electrons. The molecule has 0 amide bonds. The fraction of sp³-hybridized carbons (Fsp3) is 0.294. The Labute approximate surface area is 135 Å². The lowest BCUT2D eigenvalue weighted by atomic mass is 10.2. The molecule has 0 radical (unpaired) electrons. The van der Waals surface area contributed by atoms with Crippen LogP contribution in [0.5, 0.6) is 11.5 Å². The van der Waals surface area contributed by atoms with Gasteiger partial charge in [0.05, 0.1) is 12.7 Å². The standard InChI is InChI=1S/C17H21FN4O/c1-3-22(4-2)17(19)21-11-13-7-8-16(15(18)10-13)23-14-6-5-9-20-12-14/h5-10,12H,3-4,11H2,1-2H3,(H2,19,21). The van der Waals surface area contributed by atoms with Crippen molar-refractivity contribution in [2.24, 2.45) is 10.7 Å². The predicted molar refractivity (Wildman–Crippen MR) is 89.0 cm³/mol. The van der Waals surface area contributed by atoms with E-state index in [-0.39, 0.29) is 5.75 Å². The molecule has 0 aliphatic carbocycles. The zero-order valence-electron chi connectivity index (χ0n) is 13.4. The Bertz CT molecular complexity index is 657. The molecular formula is C17H21FN4O. The van der Waals surface area contributed by atoms with Crippen molar-refractivity contribution in [3.8, 4) is 11.5 Å². The first-order valence-corrected chi connectivity index (χ1v) is 7.55. The van der Waals surface area contributed by atoms with Gasteiger partial charge >= 0.3 is 0 Å². The smallest absolute Gasteiger partial charge is 0.191 e. The summed E-state index contributed by atoms with van der Waals surface area (Å²) >= 11 is 0. The maximum Gasteiger partial charge on any atom is 0.191 e. The van der Waals surface area contributed by atoms with Gasteiger partial charge in [0.25, 0.3) is 0 Å². The van der Waals surface area contributed by atoms with Crippen LogP contribution in [0.15, 0.2) is 47.7 Å². The van der Waals surface area contributed by atoms with E-state index in [0.29, 0.717) is 18.3 Å². The number of hydrogen-bond acceptors (Lipinski definition) is 3. The monoisotopic (exact) mass is 316 g/mol. The highest BCUT2D eigenvalue weighted by molar-refractivity contribution is 5.78. The van der Waals surface area contributed by atoms with Crippen molar-refractivity contribution in [1.29, 1.82) is 0 Å². The SMILES string of the molecule is CCN(CC)C(N)=NCc1ccc(Oc2cccnc2)c(F)c1. The normalized spacial score (nSPS) is 11.3. The summed E-state index contributed by atoms with van der Waals surface area (Å²) in [6, 6.07) is 8.21. The van der Waals surface area contributed by atoms with Crippen molar-refractivity contribution in [3.63, 3.8) is 0 Å². The summed E-state index contributed by atoms with van der Waals surface area (Å²) in [5.41, 5.74) is 6.64. The molecule has 2 rings (SSSR count). The molecule has 0 atom stereocenters. The number of aliphatic imine (C=N–C) groups is 1.